The van der Waals surface area contributed by atoms with E-state index in [9.17, 15) is 9.59 Å². The summed E-state index contributed by atoms with van der Waals surface area (Å²) in [6.45, 7) is 5.12. The summed E-state index contributed by atoms with van der Waals surface area (Å²) in [6.07, 6.45) is 7.38. The lowest BCUT2D eigenvalue weighted by Crippen LogP contribution is -2.43. The SMILES string of the molecule is CCCCOCCOC(=O)C(C)NC(=O)C1CCCCC1. The monoisotopic (exact) mass is 299 g/mol. The van der Waals surface area contributed by atoms with Gasteiger partial charge in [-0.15, -0.1) is 0 Å². The molecule has 1 aliphatic rings. The number of carbonyl (C=O) groups is 2. The van der Waals surface area contributed by atoms with Gasteiger partial charge >= 0.3 is 5.97 Å². The second-order valence-electron chi connectivity index (χ2n) is 5.70. The Morgan fingerprint density at radius 2 is 1.86 bits per heavy atom. The van der Waals surface area contributed by atoms with Crippen LogP contribution in [0, 0.1) is 5.92 Å². The van der Waals surface area contributed by atoms with Crippen molar-refractivity contribution in [2.24, 2.45) is 5.92 Å². The van der Waals surface area contributed by atoms with Crippen molar-refractivity contribution >= 4 is 11.9 Å². The van der Waals surface area contributed by atoms with E-state index in [-0.39, 0.29) is 18.4 Å². The van der Waals surface area contributed by atoms with Gasteiger partial charge in [0.2, 0.25) is 5.91 Å². The number of rotatable bonds is 9. The van der Waals surface area contributed by atoms with E-state index in [2.05, 4.69) is 12.2 Å². The average Bonchev–Trinajstić information content (AvgIpc) is 2.51. The van der Waals surface area contributed by atoms with Crippen molar-refractivity contribution in [3.05, 3.63) is 0 Å². The summed E-state index contributed by atoms with van der Waals surface area (Å²) >= 11 is 0. The standard InChI is InChI=1S/C16H29NO4/c1-3-4-10-20-11-12-21-16(19)13(2)17-15(18)14-8-6-5-7-9-14/h13-14H,3-12H2,1-2H3,(H,17,18). The van der Waals surface area contributed by atoms with Gasteiger partial charge in [-0.1, -0.05) is 32.6 Å². The fourth-order valence-electron chi connectivity index (χ4n) is 2.43. The molecule has 0 spiro atoms. The van der Waals surface area contributed by atoms with Crippen LogP contribution in [0.25, 0.3) is 0 Å². The maximum atomic E-state index is 12.0. The molecule has 1 amide bonds. The molecule has 0 aromatic heterocycles. The third-order valence-electron chi connectivity index (χ3n) is 3.80. The summed E-state index contributed by atoms with van der Waals surface area (Å²) in [4.78, 5) is 23.8. The van der Waals surface area contributed by atoms with Crippen LogP contribution in [0.4, 0.5) is 0 Å². The van der Waals surface area contributed by atoms with Crippen LogP contribution in [-0.2, 0) is 19.1 Å². The van der Waals surface area contributed by atoms with Gasteiger partial charge in [-0.25, -0.2) is 4.79 Å². The highest BCUT2D eigenvalue weighted by Gasteiger charge is 2.24. The van der Waals surface area contributed by atoms with Crippen LogP contribution in [0.15, 0.2) is 0 Å². The Labute approximate surface area is 127 Å². The van der Waals surface area contributed by atoms with E-state index >= 15 is 0 Å². The number of nitrogens with one attached hydrogen (secondary N) is 1. The lowest BCUT2D eigenvalue weighted by Gasteiger charge is -2.22. The van der Waals surface area contributed by atoms with E-state index in [1.165, 1.54) is 6.42 Å². The quantitative estimate of drug-likeness (QED) is 0.524. The number of unbranched alkanes of at least 4 members (excludes halogenated alkanes) is 1. The maximum Gasteiger partial charge on any atom is 0.328 e. The van der Waals surface area contributed by atoms with Crippen molar-refractivity contribution in [1.82, 2.24) is 5.32 Å². The Morgan fingerprint density at radius 1 is 1.14 bits per heavy atom. The largest absolute Gasteiger partial charge is 0.462 e. The molecule has 0 aromatic carbocycles. The van der Waals surface area contributed by atoms with Crippen LogP contribution in [0.5, 0.6) is 0 Å². The van der Waals surface area contributed by atoms with E-state index in [1.807, 2.05) is 0 Å². The smallest absolute Gasteiger partial charge is 0.328 e. The minimum atomic E-state index is -0.588. The van der Waals surface area contributed by atoms with E-state index in [0.717, 1.165) is 38.5 Å². The van der Waals surface area contributed by atoms with E-state index < -0.39 is 12.0 Å². The van der Waals surface area contributed by atoms with Gasteiger partial charge in [0.15, 0.2) is 0 Å². The normalized spacial score (nSPS) is 17.2. The third kappa shape index (κ3) is 7.46. The molecule has 122 valence electrons. The molecule has 0 saturated heterocycles. The first kappa shape index (κ1) is 18.0. The molecule has 0 bridgehead atoms. The Kier molecular flexibility index (Phi) is 9.06. The Balaban J connectivity index is 2.13. The van der Waals surface area contributed by atoms with Gasteiger partial charge < -0.3 is 14.8 Å². The molecule has 1 aliphatic carbocycles. The highest BCUT2D eigenvalue weighted by Crippen LogP contribution is 2.23. The summed E-state index contributed by atoms with van der Waals surface area (Å²) in [7, 11) is 0. The van der Waals surface area contributed by atoms with Gasteiger partial charge in [-0.05, 0) is 26.2 Å². The first-order valence-corrected chi connectivity index (χ1v) is 8.20. The molecule has 0 aromatic rings. The summed E-state index contributed by atoms with van der Waals surface area (Å²) < 4.78 is 10.4. The Hall–Kier alpha value is -1.10. The van der Waals surface area contributed by atoms with E-state index in [4.69, 9.17) is 9.47 Å². The molecule has 0 heterocycles. The predicted molar refractivity (Wildman–Crippen MR) is 80.9 cm³/mol. The molecule has 5 nitrogen and oxygen atoms in total. The van der Waals surface area contributed by atoms with Crippen molar-refractivity contribution in [3.63, 3.8) is 0 Å². The summed E-state index contributed by atoms with van der Waals surface area (Å²) in [6, 6.07) is -0.588. The van der Waals surface area contributed by atoms with E-state index in [0.29, 0.717) is 13.2 Å². The molecule has 5 heteroatoms. The number of carbonyl (C=O) groups excluding carboxylic acids is 2. The summed E-state index contributed by atoms with van der Waals surface area (Å²) in [5.74, 6) is -0.344. The van der Waals surface area contributed by atoms with Crippen molar-refractivity contribution in [2.45, 2.75) is 64.8 Å². The van der Waals surface area contributed by atoms with Gasteiger partial charge in [-0.2, -0.15) is 0 Å². The fourth-order valence-corrected chi connectivity index (χ4v) is 2.43. The van der Waals surface area contributed by atoms with Crippen molar-refractivity contribution in [1.29, 1.82) is 0 Å². The number of esters is 1. The molecule has 1 saturated carbocycles. The molecule has 21 heavy (non-hydrogen) atoms. The van der Waals surface area contributed by atoms with Crippen LogP contribution < -0.4 is 5.32 Å². The lowest BCUT2D eigenvalue weighted by molar-refractivity contribution is -0.149. The topological polar surface area (TPSA) is 64.6 Å². The summed E-state index contributed by atoms with van der Waals surface area (Å²) in [5.41, 5.74) is 0. The molecule has 1 fully saturated rings. The van der Waals surface area contributed by atoms with Crippen molar-refractivity contribution < 1.29 is 19.1 Å². The molecular formula is C16H29NO4. The third-order valence-corrected chi connectivity index (χ3v) is 3.80. The van der Waals surface area contributed by atoms with Crippen LogP contribution in [0.2, 0.25) is 0 Å². The highest BCUT2D eigenvalue weighted by atomic mass is 16.6. The molecular weight excluding hydrogens is 270 g/mol. The number of hydrogen-bond acceptors (Lipinski definition) is 4. The number of amides is 1. The van der Waals surface area contributed by atoms with Gasteiger partial charge in [0, 0.05) is 12.5 Å². The molecule has 1 unspecified atom stereocenters. The van der Waals surface area contributed by atoms with Crippen LogP contribution >= 0.6 is 0 Å². The fraction of sp³-hybridized carbons (Fsp3) is 0.875. The second kappa shape index (κ2) is 10.6. The second-order valence-corrected chi connectivity index (χ2v) is 5.70. The maximum absolute atomic E-state index is 12.0. The Bertz CT molecular complexity index is 313. The molecule has 1 atom stereocenters. The van der Waals surface area contributed by atoms with Gasteiger partial charge in [-0.3, -0.25) is 4.79 Å². The predicted octanol–water partition coefficient (Wildman–Crippen LogP) is 2.43. The minimum Gasteiger partial charge on any atom is -0.462 e. The highest BCUT2D eigenvalue weighted by molar-refractivity contribution is 5.85. The molecule has 0 aliphatic heterocycles. The zero-order valence-electron chi connectivity index (χ0n) is 13.4. The first-order chi connectivity index (χ1) is 10.1. The van der Waals surface area contributed by atoms with Crippen LogP contribution in [0.1, 0.15) is 58.8 Å². The van der Waals surface area contributed by atoms with Gasteiger partial charge in [0.25, 0.3) is 0 Å². The van der Waals surface area contributed by atoms with Crippen molar-refractivity contribution in [2.75, 3.05) is 19.8 Å². The molecule has 1 N–H and O–H groups in total. The van der Waals surface area contributed by atoms with Crippen LogP contribution in [-0.4, -0.2) is 37.7 Å². The van der Waals surface area contributed by atoms with Gasteiger partial charge in [0.05, 0.1) is 6.61 Å². The lowest BCUT2D eigenvalue weighted by atomic mass is 9.88. The van der Waals surface area contributed by atoms with E-state index in [1.54, 1.807) is 6.92 Å². The van der Waals surface area contributed by atoms with Crippen LogP contribution in [0.3, 0.4) is 0 Å². The number of ether oxygens (including phenoxy) is 2. The average molecular weight is 299 g/mol. The van der Waals surface area contributed by atoms with Crippen molar-refractivity contribution in [3.8, 4) is 0 Å². The zero-order valence-corrected chi connectivity index (χ0v) is 13.4. The minimum absolute atomic E-state index is 0.0154. The summed E-state index contributed by atoms with van der Waals surface area (Å²) in [5, 5.41) is 2.76. The number of hydrogen-bond donors (Lipinski definition) is 1. The molecule has 1 rings (SSSR count). The first-order valence-electron chi connectivity index (χ1n) is 8.20. The van der Waals surface area contributed by atoms with Gasteiger partial charge in [0.1, 0.15) is 12.6 Å². The Morgan fingerprint density at radius 3 is 2.52 bits per heavy atom. The molecule has 0 radical (unpaired) electrons. The zero-order chi connectivity index (χ0) is 15.5.